The molecule has 3 aliphatic rings. The van der Waals surface area contributed by atoms with Gasteiger partial charge in [-0.25, -0.2) is 0 Å². The lowest BCUT2D eigenvalue weighted by Crippen LogP contribution is -2.47. The Bertz CT molecular complexity index is 221. The van der Waals surface area contributed by atoms with Crippen molar-refractivity contribution in [3.63, 3.8) is 0 Å². The quantitative estimate of drug-likeness (QED) is 0.533. The van der Waals surface area contributed by atoms with Crippen LogP contribution in [-0.2, 0) is 0 Å². The van der Waals surface area contributed by atoms with Gasteiger partial charge < -0.3 is 5.73 Å². The van der Waals surface area contributed by atoms with Crippen LogP contribution >= 0.6 is 0 Å². The predicted octanol–water partition coefficient (Wildman–Crippen LogP) is 1.01. The van der Waals surface area contributed by atoms with Crippen molar-refractivity contribution in [2.75, 3.05) is 0 Å². The number of fused-ring (bicyclic) bond motifs is 1. The standard InChI is InChI=1S/C9H13N/c1-3(2)4-5-6-7(4)9(10)8(5)6/h4-9H,1,10H2,2H3/t4?,5?,6?,7?,8?,9-/m1/s1. The second kappa shape index (κ2) is 1.20. The van der Waals surface area contributed by atoms with Crippen LogP contribution in [0, 0.1) is 29.6 Å². The number of nitrogens with two attached hydrogens (primary N) is 1. The van der Waals surface area contributed by atoms with Crippen molar-refractivity contribution in [3.05, 3.63) is 12.2 Å². The van der Waals surface area contributed by atoms with E-state index >= 15 is 0 Å². The summed E-state index contributed by atoms with van der Waals surface area (Å²) in [6.07, 6.45) is 0. The highest BCUT2D eigenvalue weighted by Gasteiger charge is 2.81. The minimum absolute atomic E-state index is 0.552. The first-order valence-electron chi connectivity index (χ1n) is 4.14. The van der Waals surface area contributed by atoms with Gasteiger partial charge in [0.1, 0.15) is 0 Å². The van der Waals surface area contributed by atoms with E-state index in [9.17, 15) is 0 Å². The van der Waals surface area contributed by atoms with Gasteiger partial charge in [-0.2, -0.15) is 0 Å². The van der Waals surface area contributed by atoms with Gasteiger partial charge in [-0.3, -0.25) is 0 Å². The molecule has 0 bridgehead atoms. The number of hydrogen-bond acceptors (Lipinski definition) is 1. The third-order valence-electron chi connectivity index (χ3n) is 3.92. The molecule has 5 unspecified atom stereocenters. The molecule has 0 amide bonds. The fourth-order valence-corrected chi connectivity index (χ4v) is 3.50. The van der Waals surface area contributed by atoms with Crippen molar-refractivity contribution in [3.8, 4) is 0 Å². The SMILES string of the molecule is C=C(C)C1C2C3C1[C@@H](N)C23. The maximum absolute atomic E-state index is 5.94. The zero-order valence-corrected chi connectivity index (χ0v) is 6.25. The van der Waals surface area contributed by atoms with Gasteiger partial charge in [0.05, 0.1) is 0 Å². The van der Waals surface area contributed by atoms with Gasteiger partial charge in [0, 0.05) is 6.04 Å². The molecule has 1 heteroatoms. The summed E-state index contributed by atoms with van der Waals surface area (Å²) in [5.74, 6) is 4.64. The molecular weight excluding hydrogens is 122 g/mol. The lowest BCUT2D eigenvalue weighted by molar-refractivity contribution is 0.132. The van der Waals surface area contributed by atoms with E-state index in [0.717, 1.165) is 29.6 Å². The van der Waals surface area contributed by atoms with Gasteiger partial charge in [-0.1, -0.05) is 12.2 Å². The Balaban J connectivity index is 1.90. The van der Waals surface area contributed by atoms with E-state index in [4.69, 9.17) is 5.73 Å². The molecule has 0 aliphatic heterocycles. The Hall–Kier alpha value is -0.300. The normalized spacial score (nSPS) is 67.4. The summed E-state index contributed by atoms with van der Waals surface area (Å²) in [7, 11) is 0. The first kappa shape index (κ1) is 5.36. The van der Waals surface area contributed by atoms with E-state index in [0.29, 0.717) is 6.04 Å². The largest absolute Gasteiger partial charge is 0.327 e. The third kappa shape index (κ3) is 0.304. The molecule has 2 N–H and O–H groups in total. The van der Waals surface area contributed by atoms with Crippen LogP contribution in [0.25, 0.3) is 0 Å². The second-order valence-corrected chi connectivity index (χ2v) is 4.26. The van der Waals surface area contributed by atoms with Gasteiger partial charge in [0.25, 0.3) is 0 Å². The van der Waals surface area contributed by atoms with Crippen molar-refractivity contribution >= 4 is 0 Å². The molecule has 0 aromatic heterocycles. The molecule has 3 saturated carbocycles. The summed E-state index contributed by atoms with van der Waals surface area (Å²) in [5, 5.41) is 0. The Morgan fingerprint density at radius 1 is 1.20 bits per heavy atom. The van der Waals surface area contributed by atoms with Crippen LogP contribution < -0.4 is 5.73 Å². The van der Waals surface area contributed by atoms with E-state index < -0.39 is 0 Å². The number of allylic oxidation sites excluding steroid dienone is 1. The minimum atomic E-state index is 0.552. The molecule has 0 aromatic carbocycles. The van der Waals surface area contributed by atoms with Crippen LogP contribution in [0.15, 0.2) is 12.2 Å². The first-order chi connectivity index (χ1) is 4.73. The zero-order chi connectivity index (χ0) is 7.04. The van der Waals surface area contributed by atoms with Crippen molar-refractivity contribution in [2.45, 2.75) is 13.0 Å². The monoisotopic (exact) mass is 135 g/mol. The highest BCUT2D eigenvalue weighted by atomic mass is 15.0. The molecule has 3 aliphatic carbocycles. The van der Waals surface area contributed by atoms with Crippen molar-refractivity contribution in [2.24, 2.45) is 35.3 Å². The Morgan fingerprint density at radius 3 is 2.10 bits per heavy atom. The van der Waals surface area contributed by atoms with Gasteiger partial charge >= 0.3 is 0 Å². The number of rotatable bonds is 1. The maximum Gasteiger partial charge on any atom is 0.0110 e. The fraction of sp³-hybridized carbons (Fsp3) is 0.778. The third-order valence-corrected chi connectivity index (χ3v) is 3.92. The van der Waals surface area contributed by atoms with E-state index in [1.54, 1.807) is 0 Å². The maximum atomic E-state index is 5.94. The fourth-order valence-electron chi connectivity index (χ4n) is 3.50. The van der Waals surface area contributed by atoms with Crippen LogP contribution in [0.4, 0.5) is 0 Å². The summed E-state index contributed by atoms with van der Waals surface area (Å²) in [5.41, 5.74) is 7.31. The van der Waals surface area contributed by atoms with Gasteiger partial charge in [0.2, 0.25) is 0 Å². The molecule has 1 nitrogen and oxygen atoms in total. The Kier molecular flexibility index (Phi) is 0.646. The molecule has 0 heterocycles. The molecule has 10 heavy (non-hydrogen) atoms. The van der Waals surface area contributed by atoms with Crippen LogP contribution in [0.2, 0.25) is 0 Å². The Labute approximate surface area is 61.3 Å². The van der Waals surface area contributed by atoms with Gasteiger partial charge in [-0.05, 0) is 36.5 Å². The lowest BCUT2D eigenvalue weighted by Gasteiger charge is -2.41. The molecule has 54 valence electrons. The highest BCUT2D eigenvalue weighted by molar-refractivity contribution is 5.35. The Morgan fingerprint density at radius 2 is 1.90 bits per heavy atom. The molecule has 0 spiro atoms. The van der Waals surface area contributed by atoms with Crippen molar-refractivity contribution < 1.29 is 0 Å². The summed E-state index contributed by atoms with van der Waals surface area (Å²) < 4.78 is 0. The van der Waals surface area contributed by atoms with Crippen LogP contribution in [0.1, 0.15) is 6.92 Å². The molecule has 0 radical (unpaired) electrons. The zero-order valence-electron chi connectivity index (χ0n) is 6.25. The second-order valence-electron chi connectivity index (χ2n) is 4.26. The molecule has 0 saturated heterocycles. The summed E-state index contributed by atoms with van der Waals surface area (Å²) in [4.78, 5) is 0. The molecule has 3 rings (SSSR count). The minimum Gasteiger partial charge on any atom is -0.327 e. The van der Waals surface area contributed by atoms with E-state index in [-0.39, 0.29) is 0 Å². The van der Waals surface area contributed by atoms with Crippen LogP contribution in [0.5, 0.6) is 0 Å². The van der Waals surface area contributed by atoms with Gasteiger partial charge in [-0.15, -0.1) is 0 Å². The average Bonchev–Trinajstić information content (AvgIpc) is 2.18. The van der Waals surface area contributed by atoms with Gasteiger partial charge in [0.15, 0.2) is 0 Å². The average molecular weight is 135 g/mol. The predicted molar refractivity (Wildman–Crippen MR) is 40.2 cm³/mol. The lowest BCUT2D eigenvalue weighted by atomic mass is 9.66. The topological polar surface area (TPSA) is 26.0 Å². The summed E-state index contributed by atoms with van der Waals surface area (Å²) in [6.45, 7) is 6.16. The molecule has 3 fully saturated rings. The van der Waals surface area contributed by atoms with Crippen molar-refractivity contribution in [1.82, 2.24) is 0 Å². The highest BCUT2D eigenvalue weighted by Crippen LogP contribution is 2.81. The van der Waals surface area contributed by atoms with Crippen LogP contribution in [-0.4, -0.2) is 6.04 Å². The van der Waals surface area contributed by atoms with Crippen molar-refractivity contribution in [1.29, 1.82) is 0 Å². The molecular formula is C9H13N. The van der Waals surface area contributed by atoms with Crippen LogP contribution in [0.3, 0.4) is 0 Å². The first-order valence-corrected chi connectivity index (χ1v) is 4.14. The summed E-state index contributed by atoms with van der Waals surface area (Å²) >= 11 is 0. The van der Waals surface area contributed by atoms with E-state index in [2.05, 4.69) is 13.5 Å². The van der Waals surface area contributed by atoms with E-state index in [1.807, 2.05) is 0 Å². The smallest absolute Gasteiger partial charge is 0.0110 e. The molecule has 6 atom stereocenters. The molecule has 0 aromatic rings. The van der Waals surface area contributed by atoms with E-state index in [1.165, 1.54) is 5.57 Å². The summed E-state index contributed by atoms with van der Waals surface area (Å²) in [6, 6.07) is 0.552. The number of hydrogen-bond donors (Lipinski definition) is 1.